The average Bonchev–Trinajstić information content (AvgIpc) is 2.72. The van der Waals surface area contributed by atoms with Gasteiger partial charge in [-0.25, -0.2) is 0 Å². The van der Waals surface area contributed by atoms with Crippen molar-refractivity contribution in [2.45, 2.75) is 19.6 Å². The fourth-order valence-electron chi connectivity index (χ4n) is 2.60. The van der Waals surface area contributed by atoms with Gasteiger partial charge >= 0.3 is 6.61 Å². The van der Waals surface area contributed by atoms with E-state index in [1.165, 1.54) is 32.4 Å². The summed E-state index contributed by atoms with van der Waals surface area (Å²) < 4.78 is 39.9. The number of benzene rings is 2. The van der Waals surface area contributed by atoms with Crippen molar-refractivity contribution in [1.82, 2.24) is 5.32 Å². The van der Waals surface area contributed by atoms with Gasteiger partial charge < -0.3 is 19.5 Å². The Morgan fingerprint density at radius 3 is 2.21 bits per heavy atom. The van der Waals surface area contributed by atoms with Crippen molar-refractivity contribution in [3.63, 3.8) is 0 Å². The molecule has 2 aromatic carbocycles. The van der Waals surface area contributed by atoms with Crippen LogP contribution >= 0.6 is 0 Å². The number of hydrogen-bond donors (Lipinski definition) is 1. The van der Waals surface area contributed by atoms with E-state index >= 15 is 0 Å². The lowest BCUT2D eigenvalue weighted by Crippen LogP contribution is -2.27. The predicted molar refractivity (Wildman–Crippen MR) is 103 cm³/mol. The van der Waals surface area contributed by atoms with Gasteiger partial charge in [0.25, 0.3) is 5.91 Å². The highest BCUT2D eigenvalue weighted by molar-refractivity contribution is 6.02. The topological polar surface area (TPSA) is 80.6 Å². The highest BCUT2D eigenvalue weighted by atomic mass is 19.3. The van der Waals surface area contributed by atoms with Gasteiger partial charge in [-0.15, -0.1) is 0 Å². The maximum atomic E-state index is 12.6. The third-order valence-electron chi connectivity index (χ3n) is 4.01. The number of rotatable bonds is 8. The summed E-state index contributed by atoms with van der Waals surface area (Å²) in [6.07, 6.45) is 1.31. The number of hydrogen-bond acceptors (Lipinski definition) is 5. The molecule has 1 atom stereocenters. The summed E-state index contributed by atoms with van der Waals surface area (Å²) in [5, 5.41) is 12.1. The molecule has 0 aliphatic rings. The largest absolute Gasteiger partial charge is 0.493 e. The maximum Gasteiger partial charge on any atom is 0.387 e. The molecule has 0 unspecified atom stereocenters. The highest BCUT2D eigenvalue weighted by Crippen LogP contribution is 2.40. The van der Waals surface area contributed by atoms with Crippen molar-refractivity contribution >= 4 is 12.0 Å². The molecule has 1 amide bonds. The fourth-order valence-corrected chi connectivity index (χ4v) is 2.60. The number of ether oxygens (including phenoxy) is 3. The Balaban J connectivity index is 2.32. The molecule has 2 aromatic rings. The Bertz CT molecular complexity index is 899. The monoisotopic (exact) mass is 402 g/mol. The molecule has 6 nitrogen and oxygen atoms in total. The van der Waals surface area contributed by atoms with Crippen molar-refractivity contribution in [3.05, 3.63) is 59.2 Å². The summed E-state index contributed by atoms with van der Waals surface area (Å²) in [6.45, 7) is -1.27. The van der Waals surface area contributed by atoms with E-state index in [-0.39, 0.29) is 28.9 Å². The molecule has 0 fully saturated rings. The van der Waals surface area contributed by atoms with Gasteiger partial charge in [0.05, 0.1) is 20.3 Å². The van der Waals surface area contributed by atoms with E-state index in [1.54, 1.807) is 6.92 Å². The lowest BCUT2D eigenvalue weighted by Gasteiger charge is -2.15. The maximum absolute atomic E-state index is 12.6. The third kappa shape index (κ3) is 5.69. The van der Waals surface area contributed by atoms with Crippen LogP contribution in [0, 0.1) is 11.3 Å². The number of methoxy groups -OCH3 is 2. The van der Waals surface area contributed by atoms with E-state index in [1.807, 2.05) is 36.4 Å². The number of halogens is 2. The SMILES string of the molecule is COc1cc(/C=C(\C#N)C(=O)N[C@H](C)c2ccccc2)cc(OC)c1OC(F)F. The van der Waals surface area contributed by atoms with E-state index in [0.717, 1.165) is 5.56 Å². The number of carbonyl (C=O) groups excluding carboxylic acids is 1. The molecule has 8 heteroatoms. The molecule has 0 radical (unpaired) electrons. The van der Waals surface area contributed by atoms with E-state index in [0.29, 0.717) is 5.56 Å². The molecule has 152 valence electrons. The van der Waals surface area contributed by atoms with Gasteiger partial charge in [0.15, 0.2) is 11.5 Å². The Kier molecular flexibility index (Phi) is 7.54. The minimum atomic E-state index is -3.07. The van der Waals surface area contributed by atoms with Gasteiger partial charge in [-0.1, -0.05) is 30.3 Å². The predicted octanol–water partition coefficient (Wildman–Crippen LogP) is 4.09. The quantitative estimate of drug-likeness (QED) is 0.531. The zero-order valence-corrected chi connectivity index (χ0v) is 16.1. The van der Waals surface area contributed by atoms with E-state index in [9.17, 15) is 18.8 Å². The summed E-state index contributed by atoms with van der Waals surface area (Å²) in [5.41, 5.74) is 1.06. The van der Waals surface area contributed by atoms with E-state index in [2.05, 4.69) is 10.1 Å². The highest BCUT2D eigenvalue weighted by Gasteiger charge is 2.19. The van der Waals surface area contributed by atoms with Gasteiger partial charge in [-0.05, 0) is 36.3 Å². The molecule has 0 bridgehead atoms. The smallest absolute Gasteiger partial charge is 0.387 e. The molecule has 0 aliphatic heterocycles. The van der Waals surface area contributed by atoms with Crippen LogP contribution in [-0.4, -0.2) is 26.7 Å². The van der Waals surface area contributed by atoms with Gasteiger partial charge in [-0.3, -0.25) is 4.79 Å². The van der Waals surface area contributed by atoms with Crippen molar-refractivity contribution in [2.75, 3.05) is 14.2 Å². The molecule has 2 rings (SSSR count). The first-order valence-electron chi connectivity index (χ1n) is 8.58. The molecule has 0 saturated carbocycles. The van der Waals surface area contributed by atoms with Crippen LogP contribution in [0.1, 0.15) is 24.1 Å². The first-order chi connectivity index (χ1) is 13.9. The summed E-state index contributed by atoms with van der Waals surface area (Å²) in [5.74, 6) is -0.894. The van der Waals surface area contributed by atoms with Gasteiger partial charge in [-0.2, -0.15) is 14.0 Å². The Hall–Kier alpha value is -3.60. The van der Waals surface area contributed by atoms with E-state index in [4.69, 9.17) is 9.47 Å². The van der Waals surface area contributed by atoms with Crippen LogP contribution in [0.25, 0.3) is 6.08 Å². The third-order valence-corrected chi connectivity index (χ3v) is 4.01. The van der Waals surface area contributed by atoms with Gasteiger partial charge in [0.2, 0.25) is 5.75 Å². The Labute approximate surface area is 167 Å². The average molecular weight is 402 g/mol. The molecule has 0 spiro atoms. The standard InChI is InChI=1S/C21H20F2N2O4/c1-13(15-7-5-4-6-8-15)25-20(26)16(12-24)9-14-10-17(27-2)19(29-21(22)23)18(11-14)28-3/h4-11,13,21H,1-3H3,(H,25,26)/b16-9+/t13-/m1/s1. The molecule has 0 saturated heterocycles. The van der Waals surface area contributed by atoms with Crippen molar-refractivity contribution in [3.8, 4) is 23.3 Å². The van der Waals surface area contributed by atoms with Crippen LogP contribution in [-0.2, 0) is 4.79 Å². The molecular weight excluding hydrogens is 382 g/mol. The second kappa shape index (κ2) is 10.1. The summed E-state index contributed by atoms with van der Waals surface area (Å²) in [6, 6.07) is 13.5. The van der Waals surface area contributed by atoms with Gasteiger partial charge in [0, 0.05) is 0 Å². The fraction of sp³-hybridized carbons (Fsp3) is 0.238. The number of alkyl halides is 2. The molecular formula is C21H20F2N2O4. The summed E-state index contributed by atoms with van der Waals surface area (Å²) >= 11 is 0. The number of amides is 1. The summed E-state index contributed by atoms with van der Waals surface area (Å²) in [4.78, 5) is 12.5. The van der Waals surface area contributed by atoms with Crippen LogP contribution < -0.4 is 19.5 Å². The van der Waals surface area contributed by atoms with Crippen LogP contribution in [0.15, 0.2) is 48.0 Å². The molecule has 0 heterocycles. The number of nitrogens with one attached hydrogen (secondary N) is 1. The first-order valence-corrected chi connectivity index (χ1v) is 8.58. The minimum Gasteiger partial charge on any atom is -0.493 e. The minimum absolute atomic E-state index is 0.0220. The molecule has 29 heavy (non-hydrogen) atoms. The van der Waals surface area contributed by atoms with Crippen molar-refractivity contribution in [1.29, 1.82) is 5.26 Å². The lowest BCUT2D eigenvalue weighted by molar-refractivity contribution is -0.117. The lowest BCUT2D eigenvalue weighted by atomic mass is 10.1. The van der Waals surface area contributed by atoms with Crippen LogP contribution in [0.2, 0.25) is 0 Å². The Morgan fingerprint density at radius 2 is 1.72 bits per heavy atom. The van der Waals surface area contributed by atoms with Crippen LogP contribution in [0.4, 0.5) is 8.78 Å². The number of nitrogens with zero attached hydrogens (tertiary/aromatic N) is 1. The number of carbonyl (C=O) groups is 1. The number of nitriles is 1. The van der Waals surface area contributed by atoms with Crippen molar-refractivity contribution in [2.24, 2.45) is 0 Å². The zero-order chi connectivity index (χ0) is 21.4. The first kappa shape index (κ1) is 21.7. The van der Waals surface area contributed by atoms with Crippen molar-refractivity contribution < 1.29 is 27.8 Å². The Morgan fingerprint density at radius 1 is 1.14 bits per heavy atom. The van der Waals surface area contributed by atoms with Crippen LogP contribution in [0.3, 0.4) is 0 Å². The second-order valence-corrected chi connectivity index (χ2v) is 5.91. The molecule has 1 N–H and O–H groups in total. The normalized spacial score (nSPS) is 12.1. The molecule has 0 aromatic heterocycles. The van der Waals surface area contributed by atoms with Crippen LogP contribution in [0.5, 0.6) is 17.2 Å². The second-order valence-electron chi connectivity index (χ2n) is 5.91. The van der Waals surface area contributed by atoms with E-state index < -0.39 is 12.5 Å². The molecule has 0 aliphatic carbocycles. The summed E-state index contributed by atoms with van der Waals surface area (Å²) in [7, 11) is 2.56. The zero-order valence-electron chi connectivity index (χ0n) is 16.1. The van der Waals surface area contributed by atoms with Gasteiger partial charge in [0.1, 0.15) is 11.6 Å².